The quantitative estimate of drug-likeness (QED) is 0.410. The van der Waals surface area contributed by atoms with E-state index in [1.54, 1.807) is 14.1 Å². The Morgan fingerprint density at radius 1 is 1.88 bits per heavy atom. The van der Waals surface area contributed by atoms with Crippen molar-refractivity contribution in [1.29, 1.82) is 0 Å². The maximum Gasteiger partial charge on any atom is 0.246 e. The maximum atomic E-state index is 10.6. The molecule has 0 aromatic carbocycles. The molecule has 0 aromatic rings. The Kier molecular flexibility index (Phi) is 4.16. The summed E-state index contributed by atoms with van der Waals surface area (Å²) in [6, 6.07) is 0. The van der Waals surface area contributed by atoms with Crippen LogP contribution in [0.15, 0.2) is 0 Å². The fourth-order valence-corrected chi connectivity index (χ4v) is 0.726. The second-order valence-electron chi connectivity index (χ2n) is 1.31. The summed E-state index contributed by atoms with van der Waals surface area (Å²) in [5.74, 6) is 0.0908. The van der Waals surface area contributed by atoms with Gasteiger partial charge in [-0.05, 0) is 0 Å². The molecule has 3 nitrogen and oxygen atoms in total. The number of carbonyl (C=O) groups excluding carboxylic acids is 1. The van der Waals surface area contributed by atoms with Gasteiger partial charge in [-0.25, -0.2) is 5.43 Å². The molecule has 48 valence electrons. The zero-order valence-corrected chi connectivity index (χ0v) is 7.10. The molecule has 1 amide bonds. The van der Waals surface area contributed by atoms with E-state index >= 15 is 0 Å². The molecule has 0 bridgehead atoms. The zero-order chi connectivity index (χ0) is 6.57. The Balaban J connectivity index is 3.46. The number of hydrogen-bond acceptors (Lipinski definition) is 2. The topological polar surface area (TPSA) is 32.3 Å². The Labute approximate surface area is 62.5 Å². The third kappa shape index (κ3) is 2.46. The molecule has 0 atom stereocenters. The molecule has 0 aliphatic rings. The Morgan fingerprint density at radius 2 is 2.38 bits per heavy atom. The Morgan fingerprint density at radius 3 is 2.50 bits per heavy atom. The third-order valence-corrected chi connectivity index (χ3v) is 1.48. The third-order valence-electron chi connectivity index (χ3n) is 0.824. The molecule has 0 rings (SSSR count). The predicted molar refractivity (Wildman–Crippen MR) is 40.7 cm³/mol. The van der Waals surface area contributed by atoms with Crippen molar-refractivity contribution in [3.05, 3.63) is 0 Å². The predicted octanol–water partition coefficient (Wildman–Crippen LogP) is 0.0142. The summed E-state index contributed by atoms with van der Waals surface area (Å²) in [7, 11) is 3.41. The summed E-state index contributed by atoms with van der Waals surface area (Å²) in [5, 5.41) is 1.45. The van der Waals surface area contributed by atoms with E-state index in [0.29, 0.717) is 4.43 Å². The molecule has 0 aliphatic heterocycles. The van der Waals surface area contributed by atoms with Gasteiger partial charge in [0.15, 0.2) is 0 Å². The number of alkyl halides is 1. The van der Waals surface area contributed by atoms with E-state index in [0.717, 1.165) is 0 Å². The van der Waals surface area contributed by atoms with Crippen molar-refractivity contribution in [2.24, 2.45) is 0 Å². The summed E-state index contributed by atoms with van der Waals surface area (Å²) in [5.41, 5.74) is 2.69. The van der Waals surface area contributed by atoms with Gasteiger partial charge in [0.25, 0.3) is 0 Å². The van der Waals surface area contributed by atoms with Crippen LogP contribution in [0.4, 0.5) is 0 Å². The molecule has 0 aromatic heterocycles. The molecule has 8 heavy (non-hydrogen) atoms. The van der Waals surface area contributed by atoms with Gasteiger partial charge in [-0.15, -0.1) is 0 Å². The van der Waals surface area contributed by atoms with Crippen LogP contribution >= 0.6 is 22.6 Å². The summed E-state index contributed by atoms with van der Waals surface area (Å²) < 4.78 is 0.523. The molecule has 1 N–H and O–H groups in total. The van der Waals surface area contributed by atoms with Gasteiger partial charge >= 0.3 is 0 Å². The number of rotatable bonds is 2. The average molecular weight is 228 g/mol. The van der Waals surface area contributed by atoms with Crippen molar-refractivity contribution < 1.29 is 4.79 Å². The van der Waals surface area contributed by atoms with Crippen LogP contribution in [0.25, 0.3) is 0 Å². The van der Waals surface area contributed by atoms with Crippen molar-refractivity contribution in [2.45, 2.75) is 0 Å². The van der Waals surface area contributed by atoms with Crippen molar-refractivity contribution in [3.63, 3.8) is 0 Å². The van der Waals surface area contributed by atoms with Crippen LogP contribution in [0.1, 0.15) is 0 Å². The van der Waals surface area contributed by atoms with Crippen molar-refractivity contribution >= 4 is 28.5 Å². The number of hydrazine groups is 1. The Bertz CT molecular complexity index is 86.1. The molecule has 0 saturated carbocycles. The van der Waals surface area contributed by atoms with E-state index in [1.807, 2.05) is 22.6 Å². The smallest absolute Gasteiger partial charge is 0.246 e. The van der Waals surface area contributed by atoms with Gasteiger partial charge in [0.1, 0.15) is 0 Å². The number of hydrogen-bond donors (Lipinski definition) is 1. The van der Waals surface area contributed by atoms with Gasteiger partial charge in [-0.1, -0.05) is 22.6 Å². The van der Waals surface area contributed by atoms with E-state index in [4.69, 9.17) is 0 Å². The van der Waals surface area contributed by atoms with Gasteiger partial charge in [0.05, 0.1) is 4.43 Å². The lowest BCUT2D eigenvalue weighted by Gasteiger charge is -2.12. The molecule has 4 heteroatoms. The molecule has 0 saturated heterocycles. The van der Waals surface area contributed by atoms with Crippen LogP contribution in [0.3, 0.4) is 0 Å². The first-order chi connectivity index (χ1) is 3.72. The highest BCUT2D eigenvalue weighted by Crippen LogP contribution is 1.84. The monoisotopic (exact) mass is 228 g/mol. The minimum absolute atomic E-state index is 0.0908. The van der Waals surface area contributed by atoms with Gasteiger partial charge in [-0.2, -0.15) is 0 Å². The van der Waals surface area contributed by atoms with Crippen molar-refractivity contribution in [1.82, 2.24) is 10.4 Å². The normalized spacial score (nSPS) is 8.88. The lowest BCUT2D eigenvalue weighted by molar-refractivity contribution is -0.129. The molecule has 0 unspecified atom stereocenters. The summed E-state index contributed by atoms with van der Waals surface area (Å²) in [4.78, 5) is 10.6. The van der Waals surface area contributed by atoms with Crippen LogP contribution in [-0.2, 0) is 4.79 Å². The summed E-state index contributed by atoms with van der Waals surface area (Å²) in [6.07, 6.45) is 0. The van der Waals surface area contributed by atoms with Crippen LogP contribution in [0.2, 0.25) is 0 Å². The SMILES string of the molecule is CNN(C)C(=O)CI. The van der Waals surface area contributed by atoms with E-state index in [9.17, 15) is 4.79 Å². The number of halogens is 1. The standard InChI is InChI=1S/C4H9IN2O/c1-6-7(2)4(8)3-5/h6H,3H2,1-2H3. The second kappa shape index (κ2) is 4.08. The molecular formula is C4H9IN2O. The molecule has 0 aliphatic carbocycles. The van der Waals surface area contributed by atoms with Crippen molar-refractivity contribution in [2.75, 3.05) is 18.5 Å². The largest absolute Gasteiger partial charge is 0.281 e. The molecule has 0 radical (unpaired) electrons. The van der Waals surface area contributed by atoms with Crippen LogP contribution in [-0.4, -0.2) is 29.4 Å². The number of amides is 1. The zero-order valence-electron chi connectivity index (χ0n) is 4.94. The molecule has 0 heterocycles. The fourth-order valence-electron chi connectivity index (χ4n) is 0.214. The molecule has 0 spiro atoms. The van der Waals surface area contributed by atoms with E-state index in [1.165, 1.54) is 5.01 Å². The molecule has 0 fully saturated rings. The van der Waals surface area contributed by atoms with Gasteiger partial charge in [0.2, 0.25) is 5.91 Å². The van der Waals surface area contributed by atoms with Crippen LogP contribution < -0.4 is 5.43 Å². The number of carbonyl (C=O) groups is 1. The number of nitrogens with zero attached hydrogens (tertiary/aromatic N) is 1. The fraction of sp³-hybridized carbons (Fsp3) is 0.750. The number of nitrogens with one attached hydrogen (secondary N) is 1. The van der Waals surface area contributed by atoms with Gasteiger partial charge in [-0.3, -0.25) is 9.80 Å². The van der Waals surface area contributed by atoms with Crippen molar-refractivity contribution in [3.8, 4) is 0 Å². The van der Waals surface area contributed by atoms with Gasteiger partial charge < -0.3 is 0 Å². The first kappa shape index (κ1) is 8.16. The molecular weight excluding hydrogens is 219 g/mol. The maximum absolute atomic E-state index is 10.6. The highest BCUT2D eigenvalue weighted by Gasteiger charge is 2.00. The van der Waals surface area contributed by atoms with Crippen LogP contribution in [0, 0.1) is 0 Å². The van der Waals surface area contributed by atoms with Gasteiger partial charge in [0, 0.05) is 14.1 Å². The van der Waals surface area contributed by atoms with E-state index in [-0.39, 0.29) is 5.91 Å². The minimum Gasteiger partial charge on any atom is -0.281 e. The van der Waals surface area contributed by atoms with Crippen LogP contribution in [0.5, 0.6) is 0 Å². The lowest BCUT2D eigenvalue weighted by Crippen LogP contribution is -2.37. The Hall–Kier alpha value is 0.160. The summed E-state index contributed by atoms with van der Waals surface area (Å²) in [6.45, 7) is 0. The first-order valence-electron chi connectivity index (χ1n) is 2.22. The average Bonchev–Trinajstić information content (AvgIpc) is 1.84. The first-order valence-corrected chi connectivity index (χ1v) is 3.74. The highest BCUT2D eigenvalue weighted by molar-refractivity contribution is 14.1. The lowest BCUT2D eigenvalue weighted by atomic mass is 10.7. The highest BCUT2D eigenvalue weighted by atomic mass is 127. The van der Waals surface area contributed by atoms with E-state index in [2.05, 4.69) is 5.43 Å². The summed E-state index contributed by atoms with van der Waals surface area (Å²) >= 11 is 2.02. The second-order valence-corrected chi connectivity index (χ2v) is 2.07. The minimum atomic E-state index is 0.0908. The van der Waals surface area contributed by atoms with E-state index < -0.39 is 0 Å².